The zero-order chi connectivity index (χ0) is 12.8. The highest BCUT2D eigenvalue weighted by Gasteiger charge is 2.18. The Balaban J connectivity index is 2.93. The molecular formula is C12H14ClNO3. The summed E-state index contributed by atoms with van der Waals surface area (Å²) in [5.74, 6) is -1.60. The number of aromatic carboxylic acids is 1. The summed E-state index contributed by atoms with van der Waals surface area (Å²) in [6, 6.07) is 4.47. The molecule has 0 saturated carbocycles. The van der Waals surface area contributed by atoms with Gasteiger partial charge in [-0.2, -0.15) is 0 Å². The summed E-state index contributed by atoms with van der Waals surface area (Å²) < 4.78 is 0. The second-order valence-corrected chi connectivity index (χ2v) is 3.98. The van der Waals surface area contributed by atoms with E-state index in [2.05, 4.69) is 5.32 Å². The molecule has 1 aromatic carbocycles. The summed E-state index contributed by atoms with van der Waals surface area (Å²) in [4.78, 5) is 22.8. The van der Waals surface area contributed by atoms with E-state index in [0.717, 1.165) is 12.8 Å². The van der Waals surface area contributed by atoms with Crippen molar-refractivity contribution in [2.24, 2.45) is 0 Å². The topological polar surface area (TPSA) is 66.4 Å². The Morgan fingerprint density at radius 2 is 2.12 bits per heavy atom. The maximum Gasteiger partial charge on any atom is 0.338 e. The van der Waals surface area contributed by atoms with Gasteiger partial charge in [0, 0.05) is 6.54 Å². The molecule has 0 fully saturated rings. The van der Waals surface area contributed by atoms with Gasteiger partial charge in [-0.1, -0.05) is 31.0 Å². The maximum absolute atomic E-state index is 11.8. The molecular weight excluding hydrogens is 242 g/mol. The smallest absolute Gasteiger partial charge is 0.338 e. The van der Waals surface area contributed by atoms with Crippen LogP contribution in [0.15, 0.2) is 18.2 Å². The molecule has 0 bridgehead atoms. The largest absolute Gasteiger partial charge is 0.478 e. The van der Waals surface area contributed by atoms with Crippen LogP contribution in [0.2, 0.25) is 5.02 Å². The lowest BCUT2D eigenvalue weighted by Crippen LogP contribution is -2.26. The summed E-state index contributed by atoms with van der Waals surface area (Å²) >= 11 is 5.77. The molecule has 0 aliphatic heterocycles. The summed E-state index contributed by atoms with van der Waals surface area (Å²) in [5, 5.41) is 11.7. The van der Waals surface area contributed by atoms with Crippen LogP contribution in [-0.4, -0.2) is 23.5 Å². The molecule has 4 nitrogen and oxygen atoms in total. The molecule has 0 spiro atoms. The van der Waals surface area contributed by atoms with Crippen molar-refractivity contribution in [1.29, 1.82) is 0 Å². The molecule has 1 aromatic rings. The van der Waals surface area contributed by atoms with Crippen LogP contribution in [0.25, 0.3) is 0 Å². The Bertz CT molecular complexity index is 432. The third kappa shape index (κ3) is 3.46. The highest BCUT2D eigenvalue weighted by Crippen LogP contribution is 2.20. The Morgan fingerprint density at radius 3 is 2.71 bits per heavy atom. The SMILES string of the molecule is CCCCNC(=O)c1cccc(Cl)c1C(=O)O. The number of unbranched alkanes of at least 4 members (excludes halogenated alkanes) is 1. The first-order valence-corrected chi connectivity index (χ1v) is 5.75. The van der Waals surface area contributed by atoms with E-state index in [0.29, 0.717) is 6.54 Å². The van der Waals surface area contributed by atoms with E-state index in [4.69, 9.17) is 16.7 Å². The molecule has 0 radical (unpaired) electrons. The number of rotatable bonds is 5. The number of benzene rings is 1. The molecule has 0 aromatic heterocycles. The Hall–Kier alpha value is -1.55. The average Bonchev–Trinajstić information content (AvgIpc) is 2.28. The van der Waals surface area contributed by atoms with Crippen molar-refractivity contribution in [2.75, 3.05) is 6.54 Å². The Kier molecular flexibility index (Phi) is 4.97. The molecule has 0 aliphatic rings. The van der Waals surface area contributed by atoms with Gasteiger partial charge in [0.05, 0.1) is 16.1 Å². The highest BCUT2D eigenvalue weighted by molar-refractivity contribution is 6.34. The zero-order valence-corrected chi connectivity index (χ0v) is 10.3. The van der Waals surface area contributed by atoms with Crippen molar-refractivity contribution in [3.63, 3.8) is 0 Å². The number of amides is 1. The standard InChI is InChI=1S/C12H14ClNO3/c1-2-3-7-14-11(15)8-5-4-6-9(13)10(8)12(16)17/h4-6H,2-3,7H2,1H3,(H,14,15)(H,16,17). The van der Waals surface area contributed by atoms with Gasteiger partial charge in [0.25, 0.3) is 5.91 Å². The van der Waals surface area contributed by atoms with Gasteiger partial charge < -0.3 is 10.4 Å². The average molecular weight is 256 g/mol. The van der Waals surface area contributed by atoms with E-state index in [1.54, 1.807) is 6.07 Å². The summed E-state index contributed by atoms with van der Waals surface area (Å²) in [6.07, 6.45) is 1.82. The van der Waals surface area contributed by atoms with Crippen LogP contribution in [0.5, 0.6) is 0 Å². The van der Waals surface area contributed by atoms with Gasteiger partial charge in [-0.3, -0.25) is 4.79 Å². The molecule has 0 saturated heterocycles. The van der Waals surface area contributed by atoms with Crippen molar-refractivity contribution >= 4 is 23.5 Å². The van der Waals surface area contributed by atoms with E-state index >= 15 is 0 Å². The Labute approximate surface area is 105 Å². The van der Waals surface area contributed by atoms with E-state index < -0.39 is 11.9 Å². The minimum absolute atomic E-state index is 0.0700. The van der Waals surface area contributed by atoms with Crippen molar-refractivity contribution < 1.29 is 14.7 Å². The van der Waals surface area contributed by atoms with Crippen LogP contribution in [0, 0.1) is 0 Å². The molecule has 2 N–H and O–H groups in total. The van der Waals surface area contributed by atoms with Crippen molar-refractivity contribution in [2.45, 2.75) is 19.8 Å². The number of carbonyl (C=O) groups is 2. The molecule has 1 rings (SSSR count). The number of carboxylic acid groups (broad SMARTS) is 1. The van der Waals surface area contributed by atoms with Gasteiger partial charge in [0.2, 0.25) is 0 Å². The second-order valence-electron chi connectivity index (χ2n) is 3.58. The fourth-order valence-electron chi connectivity index (χ4n) is 1.40. The number of hydrogen-bond acceptors (Lipinski definition) is 2. The molecule has 0 unspecified atom stereocenters. The summed E-state index contributed by atoms with van der Waals surface area (Å²) in [5.41, 5.74) is -0.0516. The first kappa shape index (κ1) is 13.5. The van der Waals surface area contributed by atoms with Gasteiger partial charge in [-0.05, 0) is 18.6 Å². The highest BCUT2D eigenvalue weighted by atomic mass is 35.5. The quantitative estimate of drug-likeness (QED) is 0.795. The lowest BCUT2D eigenvalue weighted by Gasteiger charge is -2.08. The molecule has 92 valence electrons. The van der Waals surface area contributed by atoms with E-state index in [1.165, 1.54) is 12.1 Å². The predicted molar refractivity (Wildman–Crippen MR) is 65.7 cm³/mol. The van der Waals surface area contributed by atoms with Crippen LogP contribution in [0.1, 0.15) is 40.5 Å². The van der Waals surface area contributed by atoms with Crippen molar-refractivity contribution in [1.82, 2.24) is 5.32 Å². The maximum atomic E-state index is 11.8. The summed E-state index contributed by atoms with van der Waals surface area (Å²) in [7, 11) is 0. The molecule has 0 heterocycles. The first-order valence-electron chi connectivity index (χ1n) is 5.38. The van der Waals surface area contributed by atoms with Gasteiger partial charge in [-0.15, -0.1) is 0 Å². The Morgan fingerprint density at radius 1 is 1.41 bits per heavy atom. The second kappa shape index (κ2) is 6.25. The van der Waals surface area contributed by atoms with Crippen LogP contribution in [-0.2, 0) is 0 Å². The first-order chi connectivity index (χ1) is 8.07. The fourth-order valence-corrected chi connectivity index (χ4v) is 1.66. The monoisotopic (exact) mass is 255 g/mol. The molecule has 5 heteroatoms. The third-order valence-electron chi connectivity index (χ3n) is 2.29. The molecule has 0 atom stereocenters. The van der Waals surface area contributed by atoms with Crippen LogP contribution in [0.3, 0.4) is 0 Å². The number of hydrogen-bond donors (Lipinski definition) is 2. The molecule has 0 aliphatic carbocycles. The van der Waals surface area contributed by atoms with Gasteiger partial charge in [-0.25, -0.2) is 4.79 Å². The summed E-state index contributed by atoms with van der Waals surface area (Å²) in [6.45, 7) is 2.54. The number of carboxylic acids is 1. The van der Waals surface area contributed by atoms with Gasteiger partial charge in [0.1, 0.15) is 0 Å². The minimum atomic E-state index is -1.20. The minimum Gasteiger partial charge on any atom is -0.478 e. The zero-order valence-electron chi connectivity index (χ0n) is 9.50. The van der Waals surface area contributed by atoms with Crippen molar-refractivity contribution in [3.05, 3.63) is 34.3 Å². The van der Waals surface area contributed by atoms with E-state index in [9.17, 15) is 9.59 Å². The number of halogens is 1. The third-order valence-corrected chi connectivity index (χ3v) is 2.60. The molecule has 1 amide bonds. The van der Waals surface area contributed by atoms with Gasteiger partial charge in [0.15, 0.2) is 0 Å². The molecule has 17 heavy (non-hydrogen) atoms. The number of nitrogens with one attached hydrogen (secondary N) is 1. The normalized spacial score (nSPS) is 10.0. The lowest BCUT2D eigenvalue weighted by molar-refractivity contribution is 0.0691. The lowest BCUT2D eigenvalue weighted by atomic mass is 10.1. The van der Waals surface area contributed by atoms with Gasteiger partial charge >= 0.3 is 5.97 Å². The van der Waals surface area contributed by atoms with Crippen LogP contribution >= 0.6 is 11.6 Å². The van der Waals surface area contributed by atoms with E-state index in [-0.39, 0.29) is 16.1 Å². The predicted octanol–water partition coefficient (Wildman–Crippen LogP) is 2.57. The van der Waals surface area contributed by atoms with Crippen molar-refractivity contribution in [3.8, 4) is 0 Å². The van der Waals surface area contributed by atoms with E-state index in [1.807, 2.05) is 6.92 Å². The van der Waals surface area contributed by atoms with Crippen LogP contribution < -0.4 is 5.32 Å². The van der Waals surface area contributed by atoms with Crippen LogP contribution in [0.4, 0.5) is 0 Å². The number of carbonyl (C=O) groups excluding carboxylic acids is 1. The fraction of sp³-hybridized carbons (Fsp3) is 0.333.